The number of amides is 1. The Morgan fingerprint density at radius 1 is 1.29 bits per heavy atom. The Hall–Kier alpha value is -3.16. The van der Waals surface area contributed by atoms with E-state index in [0.717, 1.165) is 17.7 Å². The van der Waals surface area contributed by atoms with E-state index in [1.54, 1.807) is 22.7 Å². The molecule has 3 aromatic rings. The van der Waals surface area contributed by atoms with Crippen LogP contribution in [-0.2, 0) is 32.1 Å². The van der Waals surface area contributed by atoms with E-state index in [9.17, 15) is 26.4 Å². The number of nitrogens with zero attached hydrogens (tertiary/aromatic N) is 3. The van der Waals surface area contributed by atoms with Gasteiger partial charge in [0.05, 0.1) is 48.2 Å². The van der Waals surface area contributed by atoms with Crippen molar-refractivity contribution < 1.29 is 35.9 Å². The zero-order valence-electron chi connectivity index (χ0n) is 18.9. The molecule has 35 heavy (non-hydrogen) atoms. The number of alkyl halides is 3. The molecule has 3 heterocycles. The molecule has 1 aliphatic heterocycles. The molecule has 1 fully saturated rings. The Bertz CT molecular complexity index is 1390. The lowest BCUT2D eigenvalue weighted by atomic mass is 10.00. The number of hydrogen-bond acceptors (Lipinski definition) is 6. The predicted molar refractivity (Wildman–Crippen MR) is 119 cm³/mol. The van der Waals surface area contributed by atoms with Gasteiger partial charge in [-0.3, -0.25) is 0 Å². The number of ether oxygens (including phenoxy) is 2. The van der Waals surface area contributed by atoms with Crippen molar-refractivity contribution in [2.45, 2.75) is 30.5 Å². The molecule has 0 spiro atoms. The molecule has 0 aliphatic carbocycles. The van der Waals surface area contributed by atoms with Crippen molar-refractivity contribution in [3.05, 3.63) is 53.3 Å². The molecular weight excluding hydrogens is 489 g/mol. The van der Waals surface area contributed by atoms with Crippen molar-refractivity contribution >= 4 is 21.8 Å². The van der Waals surface area contributed by atoms with Crippen molar-refractivity contribution in [3.8, 4) is 11.3 Å². The minimum absolute atomic E-state index is 0.0303. The first-order valence-electron chi connectivity index (χ1n) is 10.5. The number of carbonyl (C=O) groups is 1. The van der Waals surface area contributed by atoms with Crippen molar-refractivity contribution in [1.82, 2.24) is 14.3 Å². The highest BCUT2D eigenvalue weighted by Gasteiger charge is 2.37. The third kappa shape index (κ3) is 5.11. The second-order valence-corrected chi connectivity index (χ2v) is 9.76. The Labute approximate surface area is 199 Å². The van der Waals surface area contributed by atoms with Gasteiger partial charge in [-0.15, -0.1) is 0 Å². The first kappa shape index (κ1) is 24.9. The summed E-state index contributed by atoms with van der Waals surface area (Å²) in [5.74, 6) is 0. The molecular formula is C22H23F3N4O5S. The van der Waals surface area contributed by atoms with Gasteiger partial charge in [0.2, 0.25) is 10.0 Å². The Morgan fingerprint density at radius 2 is 2.03 bits per heavy atom. The molecule has 2 aromatic heterocycles. The van der Waals surface area contributed by atoms with Crippen molar-refractivity contribution in [2.75, 3.05) is 26.8 Å². The van der Waals surface area contributed by atoms with Crippen LogP contribution in [0, 0.1) is 6.92 Å². The van der Waals surface area contributed by atoms with Gasteiger partial charge in [0.15, 0.2) is 0 Å². The molecule has 0 saturated carbocycles. The molecule has 188 valence electrons. The number of morpholine rings is 1. The molecule has 1 saturated heterocycles. The summed E-state index contributed by atoms with van der Waals surface area (Å²) in [6, 6.07) is 6.11. The average molecular weight is 513 g/mol. The summed E-state index contributed by atoms with van der Waals surface area (Å²) in [6.07, 6.45) is -4.08. The first-order valence-corrected chi connectivity index (χ1v) is 12.1. The van der Waals surface area contributed by atoms with Crippen LogP contribution >= 0.6 is 0 Å². The van der Waals surface area contributed by atoms with E-state index in [-0.39, 0.29) is 30.8 Å². The Balaban J connectivity index is 1.86. The number of aryl methyl sites for hydroxylation is 1. The van der Waals surface area contributed by atoms with Crippen LogP contribution in [0.1, 0.15) is 16.8 Å². The predicted octanol–water partition coefficient (Wildman–Crippen LogP) is 2.99. The van der Waals surface area contributed by atoms with E-state index < -0.39 is 38.9 Å². The maximum absolute atomic E-state index is 14.0. The van der Waals surface area contributed by atoms with Crippen LogP contribution in [0.4, 0.5) is 18.0 Å². The lowest BCUT2D eigenvalue weighted by Gasteiger charge is -2.32. The first-order chi connectivity index (χ1) is 16.4. The number of carbonyl (C=O) groups excluding carboxylic acids is 1. The topological polar surface area (TPSA) is 116 Å². The van der Waals surface area contributed by atoms with E-state index in [2.05, 4.69) is 4.98 Å². The maximum Gasteiger partial charge on any atom is 0.417 e. The van der Waals surface area contributed by atoms with Gasteiger partial charge in [0, 0.05) is 24.7 Å². The number of benzene rings is 1. The molecule has 4 rings (SSSR count). The van der Waals surface area contributed by atoms with Gasteiger partial charge < -0.3 is 18.8 Å². The number of aromatic nitrogens is 2. The van der Waals surface area contributed by atoms with Crippen molar-refractivity contribution in [3.63, 3.8) is 0 Å². The number of pyridine rings is 1. The third-order valence-corrected chi connectivity index (χ3v) is 6.66. The van der Waals surface area contributed by atoms with Crippen LogP contribution in [0.5, 0.6) is 0 Å². The quantitative estimate of drug-likeness (QED) is 0.575. The molecule has 0 unspecified atom stereocenters. The number of methoxy groups -OCH3 is 1. The fourth-order valence-corrected chi connectivity index (χ4v) is 4.64. The number of fused-ring (bicyclic) bond motifs is 1. The largest absolute Gasteiger partial charge is 0.453 e. The number of halogens is 3. The van der Waals surface area contributed by atoms with E-state index >= 15 is 0 Å². The molecule has 9 nitrogen and oxygen atoms in total. The van der Waals surface area contributed by atoms with Crippen molar-refractivity contribution in [1.29, 1.82) is 0 Å². The molecule has 1 aliphatic rings. The van der Waals surface area contributed by atoms with E-state index in [4.69, 9.17) is 14.6 Å². The molecule has 1 aromatic carbocycles. The summed E-state index contributed by atoms with van der Waals surface area (Å²) >= 11 is 0. The highest BCUT2D eigenvalue weighted by atomic mass is 32.2. The molecule has 2 N–H and O–H groups in total. The highest BCUT2D eigenvalue weighted by Crippen LogP contribution is 2.39. The van der Waals surface area contributed by atoms with Gasteiger partial charge in [-0.05, 0) is 36.8 Å². The highest BCUT2D eigenvalue weighted by molar-refractivity contribution is 7.89. The summed E-state index contributed by atoms with van der Waals surface area (Å²) in [4.78, 5) is 17.2. The molecule has 13 heteroatoms. The molecule has 1 atom stereocenters. The maximum atomic E-state index is 14.0. The number of rotatable bonds is 4. The minimum atomic E-state index is -4.87. The number of imidazole rings is 1. The summed E-state index contributed by atoms with van der Waals surface area (Å²) in [5.41, 5.74) is 0.257. The van der Waals surface area contributed by atoms with Gasteiger partial charge in [-0.2, -0.15) is 13.2 Å². The van der Waals surface area contributed by atoms with E-state index in [1.165, 1.54) is 12.0 Å². The van der Waals surface area contributed by atoms with Crippen molar-refractivity contribution in [2.24, 2.45) is 5.14 Å². The summed E-state index contributed by atoms with van der Waals surface area (Å²) in [6.45, 7) is 2.58. The Kier molecular flexibility index (Phi) is 6.51. The fraction of sp³-hybridized carbons (Fsp3) is 0.364. The standard InChI is InChI=1S/C22H23F3N4O5S/c1-13-5-6-29-18(10-14-12-28(7-8-34-14)21(30)33-2)20(27-19(29)9-13)16-4-3-15(35(26,31)32)11-17(16)22(23,24)25/h3-6,9,11,14H,7-8,10,12H2,1-2H3,(H2,26,31,32)/t14-/m0/s1. The third-order valence-electron chi connectivity index (χ3n) is 5.75. The molecule has 0 bridgehead atoms. The van der Waals surface area contributed by atoms with E-state index in [1.807, 2.05) is 6.92 Å². The Morgan fingerprint density at radius 3 is 2.69 bits per heavy atom. The van der Waals surface area contributed by atoms with Crippen LogP contribution in [0.15, 0.2) is 41.4 Å². The van der Waals surface area contributed by atoms with Crippen LogP contribution < -0.4 is 5.14 Å². The smallest absolute Gasteiger partial charge is 0.417 e. The SMILES string of the molecule is COC(=O)N1CCO[C@@H](Cc2c(-c3ccc(S(N)(=O)=O)cc3C(F)(F)F)nc3cc(C)ccn23)C1. The molecule has 1 amide bonds. The zero-order chi connectivity index (χ0) is 25.5. The van der Waals surface area contributed by atoms with Gasteiger partial charge in [-0.1, -0.05) is 6.07 Å². The summed E-state index contributed by atoms with van der Waals surface area (Å²) in [7, 11) is -3.09. The van der Waals surface area contributed by atoms with Crippen LogP contribution in [0.25, 0.3) is 16.9 Å². The monoisotopic (exact) mass is 512 g/mol. The normalized spacial score (nSPS) is 17.1. The van der Waals surface area contributed by atoms with E-state index in [0.29, 0.717) is 24.0 Å². The van der Waals surface area contributed by atoms with Crippen LogP contribution in [0.3, 0.4) is 0 Å². The second kappa shape index (κ2) is 9.13. The van der Waals surface area contributed by atoms with Gasteiger partial charge >= 0.3 is 12.3 Å². The summed E-state index contributed by atoms with van der Waals surface area (Å²) in [5, 5.41) is 5.06. The lowest BCUT2D eigenvalue weighted by Crippen LogP contribution is -2.46. The average Bonchev–Trinajstić information content (AvgIpc) is 3.14. The van der Waals surface area contributed by atoms with Crippen LogP contribution in [0.2, 0.25) is 0 Å². The van der Waals surface area contributed by atoms with Crippen LogP contribution in [-0.4, -0.2) is 61.7 Å². The summed E-state index contributed by atoms with van der Waals surface area (Å²) < 4.78 is 77.8. The zero-order valence-corrected chi connectivity index (χ0v) is 19.7. The number of hydrogen-bond donors (Lipinski definition) is 1. The molecule has 0 radical (unpaired) electrons. The number of nitrogens with two attached hydrogens (primary N) is 1. The van der Waals surface area contributed by atoms with Gasteiger partial charge in [-0.25, -0.2) is 23.3 Å². The fourth-order valence-electron chi connectivity index (χ4n) is 4.10. The lowest BCUT2D eigenvalue weighted by molar-refractivity contribution is -0.137. The number of primary sulfonamides is 1. The van der Waals surface area contributed by atoms with Gasteiger partial charge in [0.25, 0.3) is 0 Å². The second-order valence-electron chi connectivity index (χ2n) is 8.20. The van der Waals surface area contributed by atoms with Gasteiger partial charge in [0.1, 0.15) is 5.65 Å². The minimum Gasteiger partial charge on any atom is -0.453 e. The number of sulfonamides is 1.